The van der Waals surface area contributed by atoms with Crippen molar-refractivity contribution < 1.29 is 9.53 Å². The third-order valence-electron chi connectivity index (χ3n) is 4.21. The lowest BCUT2D eigenvalue weighted by atomic mass is 10.2. The molecule has 0 saturated carbocycles. The molecule has 3 rings (SSSR count). The molecule has 1 amide bonds. The molecule has 1 aromatic carbocycles. The van der Waals surface area contributed by atoms with E-state index in [2.05, 4.69) is 21.8 Å². The van der Waals surface area contributed by atoms with Crippen LogP contribution in [0.4, 0.5) is 5.95 Å². The summed E-state index contributed by atoms with van der Waals surface area (Å²) in [4.78, 5) is 25.0. The number of amides is 1. The standard InChI is InChI=1S/C20H24N4O2/c1-2-16-26-18-7-4-3-6-17(18)8-9-19(25)23-12-14-24(15-13-23)20-21-10-5-11-22-20/h3-11H,2,12-16H2,1H3/b9-8+. The van der Waals surface area contributed by atoms with E-state index >= 15 is 0 Å². The van der Waals surface area contributed by atoms with E-state index in [1.54, 1.807) is 24.5 Å². The molecule has 6 heteroatoms. The lowest BCUT2D eigenvalue weighted by molar-refractivity contribution is -0.126. The molecular weight excluding hydrogens is 328 g/mol. The van der Waals surface area contributed by atoms with Gasteiger partial charge in [0.25, 0.3) is 0 Å². The fourth-order valence-corrected chi connectivity index (χ4v) is 2.81. The van der Waals surface area contributed by atoms with Crippen LogP contribution in [0.1, 0.15) is 18.9 Å². The van der Waals surface area contributed by atoms with Gasteiger partial charge in [-0.3, -0.25) is 4.79 Å². The number of carbonyl (C=O) groups excluding carboxylic acids is 1. The van der Waals surface area contributed by atoms with E-state index in [-0.39, 0.29) is 5.91 Å². The van der Waals surface area contributed by atoms with Gasteiger partial charge < -0.3 is 14.5 Å². The van der Waals surface area contributed by atoms with Crippen molar-refractivity contribution in [3.63, 3.8) is 0 Å². The Hall–Kier alpha value is -2.89. The van der Waals surface area contributed by atoms with Gasteiger partial charge in [-0.05, 0) is 24.6 Å². The van der Waals surface area contributed by atoms with Gasteiger partial charge in [-0.25, -0.2) is 9.97 Å². The molecule has 2 heterocycles. The number of piperazine rings is 1. The topological polar surface area (TPSA) is 58.6 Å². The first-order valence-corrected chi connectivity index (χ1v) is 8.98. The van der Waals surface area contributed by atoms with E-state index in [1.807, 2.05) is 35.2 Å². The predicted molar refractivity (Wildman–Crippen MR) is 102 cm³/mol. The summed E-state index contributed by atoms with van der Waals surface area (Å²) in [5.74, 6) is 1.55. The molecular formula is C20H24N4O2. The maximum absolute atomic E-state index is 12.5. The van der Waals surface area contributed by atoms with Crippen LogP contribution in [0.5, 0.6) is 5.75 Å². The molecule has 0 atom stereocenters. The minimum Gasteiger partial charge on any atom is -0.493 e. The van der Waals surface area contributed by atoms with Gasteiger partial charge in [-0.2, -0.15) is 0 Å². The highest BCUT2D eigenvalue weighted by Gasteiger charge is 2.21. The first kappa shape index (κ1) is 17.9. The van der Waals surface area contributed by atoms with E-state index in [1.165, 1.54) is 0 Å². The number of nitrogens with zero attached hydrogens (tertiary/aromatic N) is 4. The molecule has 1 aliphatic rings. The summed E-state index contributed by atoms with van der Waals surface area (Å²) in [5.41, 5.74) is 0.922. The minimum atomic E-state index is 0.0175. The van der Waals surface area contributed by atoms with Gasteiger partial charge in [-0.1, -0.05) is 25.1 Å². The second-order valence-electron chi connectivity index (χ2n) is 6.08. The Balaban J connectivity index is 1.57. The van der Waals surface area contributed by atoms with Crippen molar-refractivity contribution in [2.45, 2.75) is 13.3 Å². The highest BCUT2D eigenvalue weighted by Crippen LogP contribution is 2.20. The number of anilines is 1. The number of rotatable bonds is 6. The van der Waals surface area contributed by atoms with Crippen molar-refractivity contribution in [3.05, 3.63) is 54.4 Å². The number of benzene rings is 1. The summed E-state index contributed by atoms with van der Waals surface area (Å²) in [5, 5.41) is 0. The van der Waals surface area contributed by atoms with Crippen molar-refractivity contribution in [2.24, 2.45) is 0 Å². The molecule has 0 spiro atoms. The number of aromatic nitrogens is 2. The number of ether oxygens (including phenoxy) is 1. The smallest absolute Gasteiger partial charge is 0.246 e. The zero-order chi connectivity index (χ0) is 18.2. The maximum atomic E-state index is 12.5. The Morgan fingerprint density at radius 3 is 2.58 bits per heavy atom. The minimum absolute atomic E-state index is 0.0175. The monoisotopic (exact) mass is 352 g/mol. The molecule has 1 fully saturated rings. The fraction of sp³-hybridized carbons (Fsp3) is 0.350. The molecule has 0 radical (unpaired) electrons. The van der Waals surface area contributed by atoms with Gasteiger partial charge in [-0.15, -0.1) is 0 Å². The molecule has 1 saturated heterocycles. The molecule has 6 nitrogen and oxygen atoms in total. The van der Waals surface area contributed by atoms with Crippen LogP contribution in [0.2, 0.25) is 0 Å². The van der Waals surface area contributed by atoms with Gasteiger partial charge in [0.05, 0.1) is 6.61 Å². The summed E-state index contributed by atoms with van der Waals surface area (Å²) in [6.45, 7) is 5.54. The zero-order valence-corrected chi connectivity index (χ0v) is 15.0. The fourth-order valence-electron chi connectivity index (χ4n) is 2.81. The summed E-state index contributed by atoms with van der Waals surface area (Å²) in [6, 6.07) is 9.57. The summed E-state index contributed by atoms with van der Waals surface area (Å²) < 4.78 is 5.73. The largest absolute Gasteiger partial charge is 0.493 e. The van der Waals surface area contributed by atoms with Gasteiger partial charge in [0, 0.05) is 50.2 Å². The molecule has 0 aliphatic carbocycles. The average Bonchev–Trinajstić information content (AvgIpc) is 2.72. The van der Waals surface area contributed by atoms with E-state index < -0.39 is 0 Å². The van der Waals surface area contributed by atoms with Crippen LogP contribution in [0.15, 0.2) is 48.8 Å². The van der Waals surface area contributed by atoms with Crippen molar-refractivity contribution in [2.75, 3.05) is 37.7 Å². The van der Waals surface area contributed by atoms with Crippen LogP contribution in [0, 0.1) is 0 Å². The first-order chi connectivity index (χ1) is 12.8. The van der Waals surface area contributed by atoms with Crippen molar-refractivity contribution >= 4 is 17.9 Å². The molecule has 1 aliphatic heterocycles. The normalized spacial score (nSPS) is 14.7. The SMILES string of the molecule is CCCOc1ccccc1/C=C/C(=O)N1CCN(c2ncccn2)CC1. The van der Waals surface area contributed by atoms with Crippen LogP contribution in [0.25, 0.3) is 6.08 Å². The highest BCUT2D eigenvalue weighted by molar-refractivity contribution is 5.92. The van der Waals surface area contributed by atoms with Crippen LogP contribution in [0.3, 0.4) is 0 Å². The van der Waals surface area contributed by atoms with Crippen LogP contribution < -0.4 is 9.64 Å². The van der Waals surface area contributed by atoms with Gasteiger partial charge in [0.1, 0.15) is 5.75 Å². The van der Waals surface area contributed by atoms with Crippen molar-refractivity contribution in [1.29, 1.82) is 0 Å². The van der Waals surface area contributed by atoms with E-state index in [4.69, 9.17) is 4.74 Å². The van der Waals surface area contributed by atoms with E-state index in [0.717, 1.165) is 36.8 Å². The van der Waals surface area contributed by atoms with Crippen LogP contribution in [-0.4, -0.2) is 53.6 Å². The Kier molecular flexibility index (Phi) is 6.19. The quantitative estimate of drug-likeness (QED) is 0.748. The molecule has 26 heavy (non-hydrogen) atoms. The summed E-state index contributed by atoms with van der Waals surface area (Å²) in [6.07, 6.45) is 7.89. The van der Waals surface area contributed by atoms with Gasteiger partial charge >= 0.3 is 0 Å². The number of para-hydroxylation sites is 1. The summed E-state index contributed by atoms with van der Waals surface area (Å²) >= 11 is 0. The van der Waals surface area contributed by atoms with Crippen molar-refractivity contribution in [1.82, 2.24) is 14.9 Å². The van der Waals surface area contributed by atoms with Crippen LogP contribution >= 0.6 is 0 Å². The summed E-state index contributed by atoms with van der Waals surface area (Å²) in [7, 11) is 0. The zero-order valence-electron chi connectivity index (χ0n) is 15.0. The van der Waals surface area contributed by atoms with Gasteiger partial charge in [0.15, 0.2) is 0 Å². The Morgan fingerprint density at radius 2 is 1.85 bits per heavy atom. The third kappa shape index (κ3) is 4.59. The highest BCUT2D eigenvalue weighted by atomic mass is 16.5. The first-order valence-electron chi connectivity index (χ1n) is 8.98. The molecule has 0 bridgehead atoms. The van der Waals surface area contributed by atoms with Gasteiger partial charge in [0.2, 0.25) is 11.9 Å². The molecule has 136 valence electrons. The lowest BCUT2D eigenvalue weighted by Crippen LogP contribution is -2.48. The lowest BCUT2D eigenvalue weighted by Gasteiger charge is -2.34. The average molecular weight is 352 g/mol. The van der Waals surface area contributed by atoms with Crippen LogP contribution in [-0.2, 0) is 4.79 Å². The number of hydrogen-bond donors (Lipinski definition) is 0. The Bertz CT molecular complexity index is 740. The Labute approximate surface area is 154 Å². The number of hydrogen-bond acceptors (Lipinski definition) is 5. The molecule has 1 aromatic heterocycles. The molecule has 2 aromatic rings. The second-order valence-corrected chi connectivity index (χ2v) is 6.08. The maximum Gasteiger partial charge on any atom is 0.246 e. The van der Waals surface area contributed by atoms with Crippen molar-refractivity contribution in [3.8, 4) is 5.75 Å². The van der Waals surface area contributed by atoms with E-state index in [0.29, 0.717) is 19.7 Å². The number of carbonyl (C=O) groups is 1. The molecule has 0 unspecified atom stereocenters. The predicted octanol–water partition coefficient (Wildman–Crippen LogP) is 2.63. The second kappa shape index (κ2) is 8.99. The Morgan fingerprint density at radius 1 is 1.12 bits per heavy atom. The molecule has 0 N–H and O–H groups in total. The van der Waals surface area contributed by atoms with E-state index in [9.17, 15) is 4.79 Å². The third-order valence-corrected chi connectivity index (χ3v) is 4.21.